The number of fused-ring (bicyclic) bond motifs is 1. The number of aryl methyl sites for hydroxylation is 2. The minimum absolute atomic E-state index is 0.259. The van der Waals surface area contributed by atoms with Crippen LogP contribution in [0.4, 0.5) is 11.4 Å². The molecule has 25 heavy (non-hydrogen) atoms. The summed E-state index contributed by atoms with van der Waals surface area (Å²) < 4.78 is 5.46. The van der Waals surface area contributed by atoms with E-state index >= 15 is 0 Å². The standard InChI is InChI=1S/C19H14N2O4/c1-10-4-11(2)18-15(5-10)17(19(24)25-18)14-6-13(20-8-22)7-16(12(14)3)21-9-23/h4-7,17H,1-3H3. The zero-order valence-corrected chi connectivity index (χ0v) is 13.9. The van der Waals surface area contributed by atoms with E-state index in [0.29, 0.717) is 22.6 Å². The van der Waals surface area contributed by atoms with E-state index in [1.165, 1.54) is 18.2 Å². The van der Waals surface area contributed by atoms with Gasteiger partial charge in [-0.15, -0.1) is 0 Å². The summed E-state index contributed by atoms with van der Waals surface area (Å²) in [7, 11) is 0. The van der Waals surface area contributed by atoms with Gasteiger partial charge in [0.1, 0.15) is 11.7 Å². The van der Waals surface area contributed by atoms with Crippen LogP contribution in [-0.4, -0.2) is 18.1 Å². The van der Waals surface area contributed by atoms with Crippen molar-refractivity contribution < 1.29 is 19.1 Å². The van der Waals surface area contributed by atoms with Gasteiger partial charge in [0, 0.05) is 5.56 Å². The molecule has 1 aliphatic heterocycles. The van der Waals surface area contributed by atoms with Gasteiger partial charge in [-0.2, -0.15) is 9.98 Å². The lowest BCUT2D eigenvalue weighted by Gasteiger charge is -2.14. The number of carbonyl (C=O) groups excluding carboxylic acids is 3. The molecule has 0 fully saturated rings. The van der Waals surface area contributed by atoms with Crippen molar-refractivity contribution in [2.24, 2.45) is 9.98 Å². The number of nitrogens with zero attached hydrogens (tertiary/aromatic N) is 2. The van der Waals surface area contributed by atoms with Crippen LogP contribution in [0.5, 0.6) is 5.75 Å². The lowest BCUT2D eigenvalue weighted by atomic mass is 9.87. The van der Waals surface area contributed by atoms with Crippen molar-refractivity contribution in [3.8, 4) is 5.75 Å². The molecule has 2 aromatic rings. The first-order chi connectivity index (χ1) is 12.0. The van der Waals surface area contributed by atoms with Crippen molar-refractivity contribution in [1.82, 2.24) is 0 Å². The molecule has 1 atom stereocenters. The number of isocyanates is 2. The van der Waals surface area contributed by atoms with Gasteiger partial charge in [-0.1, -0.05) is 17.7 Å². The van der Waals surface area contributed by atoms with Crippen LogP contribution in [0.25, 0.3) is 0 Å². The molecule has 1 unspecified atom stereocenters. The van der Waals surface area contributed by atoms with E-state index in [2.05, 4.69) is 9.98 Å². The minimum atomic E-state index is -0.670. The first-order valence-corrected chi connectivity index (χ1v) is 7.59. The number of esters is 1. The number of benzene rings is 2. The fourth-order valence-corrected chi connectivity index (χ4v) is 3.21. The number of hydrogen-bond acceptors (Lipinski definition) is 6. The molecule has 1 aliphatic rings. The first-order valence-electron chi connectivity index (χ1n) is 7.59. The minimum Gasteiger partial charge on any atom is -0.425 e. The second-order valence-corrected chi connectivity index (χ2v) is 5.94. The monoisotopic (exact) mass is 334 g/mol. The van der Waals surface area contributed by atoms with E-state index < -0.39 is 11.9 Å². The molecule has 0 N–H and O–H groups in total. The van der Waals surface area contributed by atoms with Crippen molar-refractivity contribution in [1.29, 1.82) is 0 Å². The third-order valence-corrected chi connectivity index (χ3v) is 4.25. The van der Waals surface area contributed by atoms with E-state index in [4.69, 9.17) is 4.74 Å². The van der Waals surface area contributed by atoms with Gasteiger partial charge in [0.05, 0.1) is 11.4 Å². The Bertz CT molecular complexity index is 997. The van der Waals surface area contributed by atoms with E-state index in [0.717, 1.165) is 16.7 Å². The summed E-state index contributed by atoms with van der Waals surface area (Å²) in [5, 5.41) is 0. The van der Waals surface area contributed by atoms with Crippen LogP contribution in [0, 0.1) is 20.8 Å². The van der Waals surface area contributed by atoms with Gasteiger partial charge >= 0.3 is 5.97 Å². The molecule has 1 heterocycles. The lowest BCUT2D eigenvalue weighted by molar-refractivity contribution is -0.133. The van der Waals surface area contributed by atoms with Gasteiger partial charge in [0.15, 0.2) is 0 Å². The second-order valence-electron chi connectivity index (χ2n) is 5.94. The summed E-state index contributed by atoms with van der Waals surface area (Å²) in [4.78, 5) is 41.1. The predicted octanol–water partition coefficient (Wildman–Crippen LogP) is 3.60. The summed E-state index contributed by atoms with van der Waals surface area (Å²) in [6.07, 6.45) is 2.94. The summed E-state index contributed by atoms with van der Waals surface area (Å²) in [5.41, 5.74) is 4.39. The van der Waals surface area contributed by atoms with Gasteiger partial charge in [-0.3, -0.25) is 4.79 Å². The van der Waals surface area contributed by atoms with Crippen LogP contribution in [-0.2, 0) is 14.4 Å². The number of carbonyl (C=O) groups is 1. The molecule has 6 heteroatoms. The van der Waals surface area contributed by atoms with Crippen LogP contribution >= 0.6 is 0 Å². The fourth-order valence-electron chi connectivity index (χ4n) is 3.21. The largest absolute Gasteiger partial charge is 0.425 e. The predicted molar refractivity (Wildman–Crippen MR) is 90.1 cm³/mol. The summed E-state index contributed by atoms with van der Waals surface area (Å²) in [6, 6.07) is 6.92. The molecular formula is C19H14N2O4. The molecule has 0 saturated heterocycles. The molecule has 124 valence electrons. The van der Waals surface area contributed by atoms with Crippen LogP contribution in [0.1, 0.15) is 33.7 Å². The van der Waals surface area contributed by atoms with Crippen molar-refractivity contribution in [2.45, 2.75) is 26.7 Å². The normalized spacial score (nSPS) is 15.0. The molecule has 0 amide bonds. The zero-order valence-electron chi connectivity index (χ0n) is 13.9. The van der Waals surface area contributed by atoms with Crippen LogP contribution < -0.4 is 4.74 Å². The molecule has 3 rings (SSSR count). The van der Waals surface area contributed by atoms with Crippen LogP contribution in [0.2, 0.25) is 0 Å². The summed E-state index contributed by atoms with van der Waals surface area (Å²) in [6.45, 7) is 5.56. The highest BCUT2D eigenvalue weighted by Crippen LogP contribution is 2.45. The molecule has 2 aromatic carbocycles. The Morgan fingerprint density at radius 2 is 1.68 bits per heavy atom. The molecule has 6 nitrogen and oxygen atoms in total. The third-order valence-electron chi connectivity index (χ3n) is 4.25. The van der Waals surface area contributed by atoms with Gasteiger partial charge in [-0.25, -0.2) is 9.59 Å². The Morgan fingerprint density at radius 3 is 2.36 bits per heavy atom. The molecule has 0 saturated carbocycles. The van der Waals surface area contributed by atoms with Gasteiger partial charge in [-0.05, 0) is 49.6 Å². The first kappa shape index (κ1) is 16.5. The lowest BCUT2D eigenvalue weighted by Crippen LogP contribution is -2.12. The molecular weight excluding hydrogens is 320 g/mol. The molecule has 0 radical (unpaired) electrons. The number of hydrogen-bond donors (Lipinski definition) is 0. The number of aliphatic imine (C=N–C) groups is 2. The Balaban J connectivity index is 2.29. The maximum atomic E-state index is 12.5. The third kappa shape index (κ3) is 2.81. The van der Waals surface area contributed by atoms with Crippen LogP contribution in [0.15, 0.2) is 34.3 Å². The van der Waals surface area contributed by atoms with Gasteiger partial charge < -0.3 is 4.74 Å². The quantitative estimate of drug-likeness (QED) is 0.371. The molecule has 0 spiro atoms. The Labute approximate surface area is 143 Å². The zero-order chi connectivity index (χ0) is 18.1. The van der Waals surface area contributed by atoms with E-state index in [1.54, 1.807) is 13.0 Å². The number of rotatable bonds is 3. The van der Waals surface area contributed by atoms with E-state index in [1.807, 2.05) is 26.0 Å². The van der Waals surface area contributed by atoms with Crippen molar-refractivity contribution in [3.05, 3.63) is 52.1 Å². The Hall–Kier alpha value is -3.33. The topological polar surface area (TPSA) is 85.2 Å². The van der Waals surface area contributed by atoms with E-state index in [-0.39, 0.29) is 5.69 Å². The average Bonchev–Trinajstić information content (AvgIpc) is 2.87. The summed E-state index contributed by atoms with van der Waals surface area (Å²) >= 11 is 0. The highest BCUT2D eigenvalue weighted by atomic mass is 16.5. The SMILES string of the molecule is Cc1cc(C)c2c(c1)C(c1cc(N=C=O)cc(N=C=O)c1C)C(=O)O2. The Morgan fingerprint density at radius 1 is 0.960 bits per heavy atom. The maximum absolute atomic E-state index is 12.5. The number of ether oxygens (including phenoxy) is 1. The van der Waals surface area contributed by atoms with Crippen molar-refractivity contribution in [3.63, 3.8) is 0 Å². The van der Waals surface area contributed by atoms with Crippen LogP contribution in [0.3, 0.4) is 0 Å². The second kappa shape index (κ2) is 6.29. The van der Waals surface area contributed by atoms with E-state index in [9.17, 15) is 14.4 Å². The van der Waals surface area contributed by atoms with Gasteiger partial charge in [0.2, 0.25) is 12.2 Å². The average molecular weight is 334 g/mol. The molecule has 0 aromatic heterocycles. The highest BCUT2D eigenvalue weighted by Gasteiger charge is 2.37. The highest BCUT2D eigenvalue weighted by molar-refractivity contribution is 5.91. The fraction of sp³-hybridized carbons (Fsp3) is 0.211. The maximum Gasteiger partial charge on any atom is 0.323 e. The van der Waals surface area contributed by atoms with Crippen molar-refractivity contribution >= 4 is 29.5 Å². The Kier molecular flexibility index (Phi) is 4.15. The smallest absolute Gasteiger partial charge is 0.323 e. The molecule has 0 bridgehead atoms. The summed E-state index contributed by atoms with van der Waals surface area (Å²) in [5.74, 6) is -0.541. The van der Waals surface area contributed by atoms with Gasteiger partial charge in [0.25, 0.3) is 0 Å². The van der Waals surface area contributed by atoms with Crippen molar-refractivity contribution in [2.75, 3.05) is 0 Å². The molecule has 0 aliphatic carbocycles.